The molecule has 0 spiro atoms. The second-order valence-electron chi connectivity index (χ2n) is 6.14. The Bertz CT molecular complexity index is 506. The monoisotopic (exact) mass is 308 g/mol. The van der Waals surface area contributed by atoms with E-state index in [1.165, 1.54) is 0 Å². The average Bonchev–Trinajstić information content (AvgIpc) is 3.06. The van der Waals surface area contributed by atoms with E-state index in [1.807, 2.05) is 23.6 Å². The quantitative estimate of drug-likeness (QED) is 0.817. The molecule has 1 aromatic rings. The Morgan fingerprint density at radius 3 is 2.82 bits per heavy atom. The highest BCUT2D eigenvalue weighted by molar-refractivity contribution is 5.76. The summed E-state index contributed by atoms with van der Waals surface area (Å²) < 4.78 is 7.05. The van der Waals surface area contributed by atoms with Gasteiger partial charge in [0.05, 0.1) is 12.3 Å². The van der Waals surface area contributed by atoms with Crippen LogP contribution in [0.1, 0.15) is 29.8 Å². The minimum absolute atomic E-state index is 0.216. The summed E-state index contributed by atoms with van der Waals surface area (Å²) in [7, 11) is 3.61. The molecule has 22 heavy (non-hydrogen) atoms. The van der Waals surface area contributed by atoms with Gasteiger partial charge in [-0.05, 0) is 39.3 Å². The number of carbonyl (C=O) groups excluding carboxylic acids is 1. The number of carbonyl (C=O) groups is 1. The smallest absolute Gasteiger partial charge is 0.223 e. The van der Waals surface area contributed by atoms with E-state index in [1.54, 1.807) is 7.11 Å². The Balaban J connectivity index is 2.05. The van der Waals surface area contributed by atoms with Crippen molar-refractivity contribution < 1.29 is 9.53 Å². The van der Waals surface area contributed by atoms with Gasteiger partial charge in [-0.15, -0.1) is 0 Å². The molecule has 1 aliphatic heterocycles. The molecule has 1 N–H and O–H groups in total. The van der Waals surface area contributed by atoms with E-state index in [-0.39, 0.29) is 5.91 Å². The van der Waals surface area contributed by atoms with Gasteiger partial charge in [-0.2, -0.15) is 5.10 Å². The van der Waals surface area contributed by atoms with Gasteiger partial charge in [0.25, 0.3) is 0 Å². The van der Waals surface area contributed by atoms with Crippen LogP contribution in [0.15, 0.2) is 0 Å². The predicted molar refractivity (Wildman–Crippen MR) is 85.6 cm³/mol. The third-order valence-electron chi connectivity index (χ3n) is 4.55. The molecule has 1 fully saturated rings. The number of aromatic nitrogens is 2. The molecular formula is C16H28N4O2. The van der Waals surface area contributed by atoms with Crippen LogP contribution in [0.25, 0.3) is 0 Å². The Kier molecular flexibility index (Phi) is 5.97. The molecule has 0 bridgehead atoms. The standard InChI is InChI=1S/C16H28N4O2/c1-12-15(13(2)19(3)18-12)11-20(7-8-22-4)16(21)9-14-5-6-17-10-14/h14,17H,5-11H2,1-4H3. The van der Waals surface area contributed by atoms with Crippen molar-refractivity contribution in [2.45, 2.75) is 33.2 Å². The molecule has 124 valence electrons. The maximum Gasteiger partial charge on any atom is 0.223 e. The summed E-state index contributed by atoms with van der Waals surface area (Å²) in [6.07, 6.45) is 1.71. The van der Waals surface area contributed by atoms with E-state index < -0.39 is 0 Å². The fourth-order valence-electron chi connectivity index (χ4n) is 3.00. The first-order valence-electron chi connectivity index (χ1n) is 7.99. The largest absolute Gasteiger partial charge is 0.383 e. The molecule has 6 nitrogen and oxygen atoms in total. The van der Waals surface area contributed by atoms with Crippen LogP contribution in [-0.2, 0) is 23.1 Å². The summed E-state index contributed by atoms with van der Waals surface area (Å²) in [4.78, 5) is 14.6. The molecule has 0 saturated carbocycles. The lowest BCUT2D eigenvalue weighted by Gasteiger charge is -2.24. The molecule has 2 rings (SSSR count). The normalized spacial score (nSPS) is 17.9. The summed E-state index contributed by atoms with van der Waals surface area (Å²) in [5.74, 6) is 0.682. The summed E-state index contributed by atoms with van der Waals surface area (Å²) in [5.41, 5.74) is 3.27. The highest BCUT2D eigenvalue weighted by Crippen LogP contribution is 2.18. The Labute approximate surface area is 132 Å². The van der Waals surface area contributed by atoms with Crippen molar-refractivity contribution in [1.82, 2.24) is 20.0 Å². The lowest BCUT2D eigenvalue weighted by molar-refractivity contribution is -0.133. The maximum absolute atomic E-state index is 12.7. The van der Waals surface area contributed by atoms with Crippen LogP contribution in [0.3, 0.4) is 0 Å². The van der Waals surface area contributed by atoms with E-state index in [0.717, 1.165) is 36.5 Å². The first-order chi connectivity index (χ1) is 10.5. The molecule has 0 aliphatic carbocycles. The van der Waals surface area contributed by atoms with Crippen LogP contribution < -0.4 is 5.32 Å². The second kappa shape index (κ2) is 7.74. The second-order valence-corrected chi connectivity index (χ2v) is 6.14. The maximum atomic E-state index is 12.7. The zero-order valence-electron chi connectivity index (χ0n) is 14.2. The molecular weight excluding hydrogens is 280 g/mol. The summed E-state index contributed by atoms with van der Waals surface area (Å²) >= 11 is 0. The zero-order chi connectivity index (χ0) is 16.1. The number of nitrogens with one attached hydrogen (secondary N) is 1. The minimum Gasteiger partial charge on any atom is -0.383 e. The van der Waals surface area contributed by atoms with E-state index >= 15 is 0 Å². The molecule has 1 aliphatic rings. The minimum atomic E-state index is 0.216. The molecule has 2 heterocycles. The van der Waals surface area contributed by atoms with Crippen LogP contribution >= 0.6 is 0 Å². The van der Waals surface area contributed by atoms with E-state index in [9.17, 15) is 4.79 Å². The number of ether oxygens (including phenoxy) is 1. The molecule has 1 atom stereocenters. The first kappa shape index (κ1) is 17.0. The predicted octanol–water partition coefficient (Wildman–Crippen LogP) is 1.01. The van der Waals surface area contributed by atoms with Crippen LogP contribution in [0.4, 0.5) is 0 Å². The molecule has 1 unspecified atom stereocenters. The number of hydrogen-bond donors (Lipinski definition) is 1. The van der Waals surface area contributed by atoms with Crippen LogP contribution in [0.5, 0.6) is 0 Å². The number of nitrogens with zero attached hydrogens (tertiary/aromatic N) is 3. The molecule has 0 radical (unpaired) electrons. The van der Waals surface area contributed by atoms with E-state index in [2.05, 4.69) is 17.3 Å². The van der Waals surface area contributed by atoms with Gasteiger partial charge in [0, 0.05) is 44.9 Å². The van der Waals surface area contributed by atoms with E-state index in [0.29, 0.717) is 32.0 Å². The topological polar surface area (TPSA) is 59.4 Å². The van der Waals surface area contributed by atoms with Gasteiger partial charge in [-0.1, -0.05) is 0 Å². The lowest BCUT2D eigenvalue weighted by atomic mass is 10.0. The third kappa shape index (κ3) is 4.08. The van der Waals surface area contributed by atoms with Crippen molar-refractivity contribution in [3.05, 3.63) is 17.0 Å². The van der Waals surface area contributed by atoms with Crippen molar-refractivity contribution in [3.8, 4) is 0 Å². The average molecular weight is 308 g/mol. The zero-order valence-corrected chi connectivity index (χ0v) is 14.2. The lowest BCUT2D eigenvalue weighted by Crippen LogP contribution is -2.35. The van der Waals surface area contributed by atoms with Gasteiger partial charge in [-0.25, -0.2) is 0 Å². The van der Waals surface area contributed by atoms with Gasteiger partial charge in [-0.3, -0.25) is 9.48 Å². The molecule has 1 saturated heterocycles. The number of methoxy groups -OCH3 is 1. The Morgan fingerprint density at radius 1 is 1.50 bits per heavy atom. The van der Waals surface area contributed by atoms with Gasteiger partial charge in [0.1, 0.15) is 0 Å². The molecule has 1 amide bonds. The number of rotatable bonds is 7. The van der Waals surface area contributed by atoms with Gasteiger partial charge in [0.2, 0.25) is 5.91 Å². The number of aryl methyl sites for hydroxylation is 2. The molecule has 1 aromatic heterocycles. The fraction of sp³-hybridized carbons (Fsp3) is 0.750. The first-order valence-corrected chi connectivity index (χ1v) is 7.99. The summed E-state index contributed by atoms with van der Waals surface area (Å²) in [6.45, 7) is 7.84. The van der Waals surface area contributed by atoms with Crippen molar-refractivity contribution in [3.63, 3.8) is 0 Å². The van der Waals surface area contributed by atoms with Gasteiger partial charge >= 0.3 is 0 Å². The number of amides is 1. The van der Waals surface area contributed by atoms with Crippen LogP contribution in [-0.4, -0.2) is 53.9 Å². The van der Waals surface area contributed by atoms with Gasteiger partial charge in [0.15, 0.2) is 0 Å². The van der Waals surface area contributed by atoms with Crippen molar-refractivity contribution >= 4 is 5.91 Å². The molecule has 0 aromatic carbocycles. The summed E-state index contributed by atoms with van der Waals surface area (Å²) in [6, 6.07) is 0. The highest BCUT2D eigenvalue weighted by Gasteiger charge is 2.23. The number of hydrogen-bond acceptors (Lipinski definition) is 4. The third-order valence-corrected chi connectivity index (χ3v) is 4.55. The van der Waals surface area contributed by atoms with Crippen molar-refractivity contribution in [2.75, 3.05) is 33.4 Å². The highest BCUT2D eigenvalue weighted by atomic mass is 16.5. The van der Waals surface area contributed by atoms with Crippen LogP contribution in [0, 0.1) is 19.8 Å². The van der Waals surface area contributed by atoms with Crippen LogP contribution in [0.2, 0.25) is 0 Å². The van der Waals surface area contributed by atoms with Gasteiger partial charge < -0.3 is 15.0 Å². The molecule has 6 heteroatoms. The summed E-state index contributed by atoms with van der Waals surface area (Å²) in [5, 5.41) is 7.77. The SMILES string of the molecule is COCCN(Cc1c(C)nn(C)c1C)C(=O)CC1CCNC1. The van der Waals surface area contributed by atoms with E-state index in [4.69, 9.17) is 4.74 Å². The van der Waals surface area contributed by atoms with Crippen molar-refractivity contribution in [2.24, 2.45) is 13.0 Å². The Hall–Kier alpha value is -1.40. The Morgan fingerprint density at radius 2 is 2.27 bits per heavy atom. The van der Waals surface area contributed by atoms with Crippen molar-refractivity contribution in [1.29, 1.82) is 0 Å². The fourth-order valence-corrected chi connectivity index (χ4v) is 3.00.